The smallest absolute Gasteiger partial charge is 0.545 e. The maximum Gasteiger partial charge on any atom is 2.00 e. The van der Waals surface area contributed by atoms with E-state index in [-0.39, 0.29) is 65.9 Å². The molecule has 0 aliphatic carbocycles. The molecule has 0 aliphatic rings. The topological polar surface area (TPSA) is 186 Å². The minimum Gasteiger partial charge on any atom is -0.545 e. The van der Waals surface area contributed by atoms with Crippen molar-refractivity contribution in [3.63, 3.8) is 0 Å². The predicted octanol–water partition coefficient (Wildman–Crippen LogP) is 21.0. The van der Waals surface area contributed by atoms with Crippen LogP contribution in [-0.2, 0) is 33.0 Å². The molecule has 0 N–H and O–H groups in total. The standard InChI is InChI=1S/4C21H18O2.2C5H5N.2CH2Cl2.2Ni/c4*1-14-6-10-16(11-7-14)18-4-3-5-19(20(18)21(22)23)17-12-8-15(2)9-13-17;2*1-2-4-6-5-3-1;2*2-1-3;;/h4*3-13H,1-2H3,(H,22,23);2*1-5H;2*1H2;;/q;;;;;;;;2*+2/p-4. The monoisotopic (exact) mass is 1650 g/mol. The second-order valence-electron chi connectivity index (χ2n) is 25.2. The fourth-order valence-electron chi connectivity index (χ4n) is 11.5. The third kappa shape index (κ3) is 27.8. The van der Waals surface area contributed by atoms with E-state index in [1.807, 2.05) is 359 Å². The number of carboxylic acids is 4. The number of carbonyl (C=O) groups is 4. The number of pyridine rings is 2. The summed E-state index contributed by atoms with van der Waals surface area (Å²) in [5.74, 6) is -4.62. The summed E-state index contributed by atoms with van der Waals surface area (Å²) in [7, 11) is 0. The number of nitrogens with zero attached hydrogens (tertiary/aromatic N) is 2. The minimum atomic E-state index is -1.16. The number of aromatic carboxylic acids is 4. The van der Waals surface area contributed by atoms with Gasteiger partial charge in [-0.15, -0.1) is 46.4 Å². The molecule has 0 spiro atoms. The average Bonchev–Trinajstić information content (AvgIpc) is 0.809. The van der Waals surface area contributed by atoms with Gasteiger partial charge in [0.25, 0.3) is 0 Å². The summed E-state index contributed by atoms with van der Waals surface area (Å²) in [6.07, 6.45) is 7.00. The summed E-state index contributed by atoms with van der Waals surface area (Å²) in [6.45, 7) is 16.0. The van der Waals surface area contributed by atoms with Crippen molar-refractivity contribution in [1.82, 2.24) is 9.97 Å². The Morgan fingerprint density at radius 2 is 0.330 bits per heavy atom. The summed E-state index contributed by atoms with van der Waals surface area (Å²) in [5.41, 5.74) is 22.5. The van der Waals surface area contributed by atoms with Crippen molar-refractivity contribution in [3.8, 4) is 89.0 Å². The fourth-order valence-corrected chi connectivity index (χ4v) is 11.5. The molecule has 0 fully saturated rings. The fraction of sp³-hybridized carbons (Fsp3) is 0.104. The molecule has 12 aromatic carbocycles. The Labute approximate surface area is 697 Å². The summed E-state index contributed by atoms with van der Waals surface area (Å²) >= 11 is 19.1. The first-order valence-corrected chi connectivity index (χ1v) is 37.1. The number of hydrogen-bond donors (Lipinski definition) is 0. The number of aromatic nitrogens is 2. The molecule has 14 rings (SSSR count). The number of carboxylic acid groups (broad SMARTS) is 4. The van der Waals surface area contributed by atoms with E-state index in [1.54, 1.807) is 24.8 Å². The van der Waals surface area contributed by atoms with Gasteiger partial charge in [-0.25, -0.2) is 0 Å². The van der Waals surface area contributed by atoms with Crippen LogP contribution in [0.1, 0.15) is 85.9 Å². The molecule has 112 heavy (non-hydrogen) atoms. The van der Waals surface area contributed by atoms with Gasteiger partial charge in [0.1, 0.15) is 0 Å². The van der Waals surface area contributed by atoms with E-state index >= 15 is 0 Å². The van der Waals surface area contributed by atoms with E-state index in [0.29, 0.717) is 44.5 Å². The number of benzene rings is 12. The Bertz CT molecular complexity index is 4280. The van der Waals surface area contributed by atoms with Crippen molar-refractivity contribution in [3.05, 3.63) is 395 Å². The van der Waals surface area contributed by atoms with Crippen molar-refractivity contribution >= 4 is 70.3 Å². The molecule has 0 saturated heterocycles. The second-order valence-corrected chi connectivity index (χ2v) is 26.9. The number of alkyl halides is 4. The van der Waals surface area contributed by atoms with Gasteiger partial charge >= 0.3 is 33.0 Å². The Kier molecular flexibility index (Phi) is 39.2. The van der Waals surface area contributed by atoms with Gasteiger partial charge in [-0.05, 0) is 169 Å². The van der Waals surface area contributed by atoms with E-state index in [2.05, 4.69) is 9.97 Å². The zero-order valence-corrected chi connectivity index (χ0v) is 67.9. The molecule has 0 atom stereocenters. The molecule has 0 bridgehead atoms. The van der Waals surface area contributed by atoms with Crippen molar-refractivity contribution in [2.45, 2.75) is 55.4 Å². The summed E-state index contributed by atoms with van der Waals surface area (Å²) in [4.78, 5) is 54.8. The number of carbonyl (C=O) groups excluding carboxylic acids is 4. The van der Waals surface area contributed by atoms with Crippen LogP contribution in [0, 0.1) is 55.4 Å². The molecule has 2 heterocycles. The van der Waals surface area contributed by atoms with Gasteiger partial charge in [0.05, 0.1) is 34.6 Å². The molecule has 572 valence electrons. The van der Waals surface area contributed by atoms with Crippen LogP contribution in [0.2, 0.25) is 0 Å². The van der Waals surface area contributed by atoms with Gasteiger partial charge in [0.2, 0.25) is 0 Å². The zero-order chi connectivity index (χ0) is 79.5. The van der Waals surface area contributed by atoms with Gasteiger partial charge in [0, 0.05) is 47.0 Å². The van der Waals surface area contributed by atoms with E-state index in [1.165, 1.54) is 0 Å². The van der Waals surface area contributed by atoms with E-state index in [9.17, 15) is 39.6 Å². The Morgan fingerprint density at radius 1 is 0.214 bits per heavy atom. The van der Waals surface area contributed by atoms with Crippen LogP contribution < -0.4 is 20.4 Å². The Hall–Kier alpha value is -11.0. The van der Waals surface area contributed by atoms with Gasteiger partial charge in [-0.3, -0.25) is 9.97 Å². The van der Waals surface area contributed by atoms with Crippen LogP contribution in [0.5, 0.6) is 0 Å². The number of rotatable bonds is 12. The van der Waals surface area contributed by atoms with E-state index in [4.69, 9.17) is 46.4 Å². The maximum absolute atomic E-state index is 11.8. The van der Waals surface area contributed by atoms with Gasteiger partial charge < -0.3 is 39.6 Å². The molecule has 14 aromatic rings. The van der Waals surface area contributed by atoms with Crippen molar-refractivity contribution in [1.29, 1.82) is 0 Å². The van der Waals surface area contributed by atoms with Crippen molar-refractivity contribution in [2.24, 2.45) is 0 Å². The van der Waals surface area contributed by atoms with Crippen LogP contribution in [0.15, 0.2) is 328 Å². The molecule has 0 amide bonds. The quantitative estimate of drug-likeness (QED) is 0.0841. The maximum atomic E-state index is 11.8. The van der Waals surface area contributed by atoms with Crippen molar-refractivity contribution in [2.75, 3.05) is 10.7 Å². The normalized spacial score (nSPS) is 9.82. The van der Waals surface area contributed by atoms with Crippen molar-refractivity contribution < 1.29 is 72.6 Å². The predicted molar refractivity (Wildman–Crippen MR) is 446 cm³/mol. The Morgan fingerprint density at radius 3 is 0.411 bits per heavy atom. The summed E-state index contributed by atoms with van der Waals surface area (Å²) in [6, 6.07) is 96.3. The van der Waals surface area contributed by atoms with Crippen LogP contribution >= 0.6 is 46.4 Å². The molecule has 10 nitrogen and oxygen atoms in total. The van der Waals surface area contributed by atoms with Crippen LogP contribution in [0.4, 0.5) is 0 Å². The number of hydrogen-bond acceptors (Lipinski definition) is 10. The molecule has 0 saturated carbocycles. The minimum absolute atomic E-state index is 0. The molecule has 16 heteroatoms. The third-order valence-corrected chi connectivity index (χ3v) is 17.1. The number of halogens is 4. The first kappa shape index (κ1) is 91.6. The SMILES string of the molecule is Cc1ccc(-c2cccc(-c3ccc(C)cc3)c2C(=O)[O-])cc1.Cc1ccc(-c2cccc(-c3ccc(C)cc3)c2C(=O)[O-])cc1.Cc1ccc(-c2cccc(-c3ccc(C)cc3)c2C(=O)[O-])cc1.Cc1ccc(-c2cccc(-c3ccc(C)cc3)c2C(=O)[O-])cc1.ClCCl.ClCCl.[Ni+2].[Ni+2].c1ccncc1.c1ccncc1. The molecule has 0 radical (unpaired) electrons. The molecule has 0 aliphatic heterocycles. The summed E-state index contributed by atoms with van der Waals surface area (Å²) < 4.78 is 0. The Balaban J connectivity index is 0.000000246. The summed E-state index contributed by atoms with van der Waals surface area (Å²) in [5, 5.41) is 47.6. The molecule has 0 unspecified atom stereocenters. The average molecular weight is 1650 g/mol. The second kappa shape index (κ2) is 47.9. The van der Waals surface area contributed by atoms with E-state index < -0.39 is 23.9 Å². The van der Waals surface area contributed by atoms with Gasteiger partial charge in [-0.1, -0.05) is 324 Å². The van der Waals surface area contributed by atoms with Crippen LogP contribution in [0.25, 0.3) is 89.0 Å². The van der Waals surface area contributed by atoms with Gasteiger partial charge in [0.15, 0.2) is 0 Å². The zero-order valence-electron chi connectivity index (χ0n) is 62.9. The van der Waals surface area contributed by atoms with E-state index in [0.717, 1.165) is 89.0 Å². The van der Waals surface area contributed by atoms with Crippen LogP contribution in [0.3, 0.4) is 0 Å². The molecule has 2 aromatic heterocycles. The molecular weight excluding hydrogens is 1570 g/mol. The largest absolute Gasteiger partial charge is 2.00 e. The van der Waals surface area contributed by atoms with Crippen LogP contribution in [-0.4, -0.2) is 44.5 Å². The third-order valence-electron chi connectivity index (χ3n) is 17.1. The number of aryl methyl sites for hydroxylation is 8. The molecular formula is C96H82Cl4N2Ni2O8. The first-order valence-electron chi connectivity index (χ1n) is 34.9. The first-order chi connectivity index (χ1) is 53.1. The van der Waals surface area contributed by atoms with Gasteiger partial charge in [-0.2, -0.15) is 0 Å².